The monoisotopic (exact) mass is 306 g/mol. The Morgan fingerprint density at radius 3 is 2.74 bits per heavy atom. The van der Waals surface area contributed by atoms with E-state index in [-0.39, 0.29) is 4.90 Å². The third-order valence-corrected chi connectivity index (χ3v) is 4.34. The number of nitrogens with one attached hydrogen (secondary N) is 2. The molecule has 7 heteroatoms. The van der Waals surface area contributed by atoms with Crippen LogP contribution in [0.3, 0.4) is 0 Å². The predicted octanol–water partition coefficient (Wildman–Crippen LogP) is 1.37. The van der Waals surface area contributed by atoms with Gasteiger partial charge in [-0.2, -0.15) is 0 Å². The van der Waals surface area contributed by atoms with Crippen LogP contribution in [0.25, 0.3) is 0 Å². The minimum Gasteiger partial charge on any atom is -0.385 e. The first-order valence-electron chi connectivity index (χ1n) is 5.93. The zero-order valence-electron chi connectivity index (χ0n) is 11.1. The molecule has 0 aliphatic carbocycles. The van der Waals surface area contributed by atoms with E-state index in [0.717, 1.165) is 5.56 Å². The van der Waals surface area contributed by atoms with Gasteiger partial charge in [-0.15, -0.1) is 0 Å². The first-order valence-corrected chi connectivity index (χ1v) is 7.79. The molecule has 0 aliphatic heterocycles. The predicted molar refractivity (Wildman–Crippen MR) is 75.9 cm³/mol. The Hall–Kier alpha value is -0.660. The fraction of sp³-hybridized carbons (Fsp3) is 0.500. The summed E-state index contributed by atoms with van der Waals surface area (Å²) in [4.78, 5) is 0.222. The summed E-state index contributed by atoms with van der Waals surface area (Å²) < 4.78 is 31.5. The molecule has 0 saturated heterocycles. The van der Waals surface area contributed by atoms with Gasteiger partial charge in [0.2, 0.25) is 10.0 Å². The summed E-state index contributed by atoms with van der Waals surface area (Å²) in [5, 5.41) is 3.50. The lowest BCUT2D eigenvalue weighted by Crippen LogP contribution is -2.25. The normalized spacial score (nSPS) is 11.7. The van der Waals surface area contributed by atoms with Crippen LogP contribution in [0.15, 0.2) is 23.1 Å². The second-order valence-electron chi connectivity index (χ2n) is 4.03. The van der Waals surface area contributed by atoms with Gasteiger partial charge in [0.05, 0.1) is 4.90 Å². The van der Waals surface area contributed by atoms with Crippen LogP contribution in [0.5, 0.6) is 0 Å². The Labute approximate surface area is 119 Å². The lowest BCUT2D eigenvalue weighted by molar-refractivity contribution is 0.196. The SMILES string of the molecule is CNCc1cc(S(=O)(=O)NCCCOC)ccc1Cl. The Kier molecular flexibility index (Phi) is 6.74. The van der Waals surface area contributed by atoms with Gasteiger partial charge in [0.15, 0.2) is 0 Å². The van der Waals surface area contributed by atoms with Crippen LogP contribution < -0.4 is 10.0 Å². The third kappa shape index (κ3) is 5.08. The van der Waals surface area contributed by atoms with Crippen LogP contribution in [0.1, 0.15) is 12.0 Å². The maximum Gasteiger partial charge on any atom is 0.240 e. The van der Waals surface area contributed by atoms with Crippen molar-refractivity contribution in [1.29, 1.82) is 0 Å². The Bertz CT molecular complexity index is 506. The van der Waals surface area contributed by atoms with Crippen molar-refractivity contribution in [3.8, 4) is 0 Å². The summed E-state index contributed by atoms with van der Waals surface area (Å²) in [6.45, 7) is 1.39. The zero-order chi connectivity index (χ0) is 14.3. The van der Waals surface area contributed by atoms with Crippen molar-refractivity contribution >= 4 is 21.6 Å². The molecule has 19 heavy (non-hydrogen) atoms. The smallest absolute Gasteiger partial charge is 0.240 e. The maximum atomic E-state index is 12.0. The highest BCUT2D eigenvalue weighted by molar-refractivity contribution is 7.89. The average Bonchev–Trinajstić information content (AvgIpc) is 2.37. The van der Waals surface area contributed by atoms with Crippen molar-refractivity contribution in [2.75, 3.05) is 27.3 Å². The lowest BCUT2D eigenvalue weighted by atomic mass is 10.2. The molecule has 0 unspecified atom stereocenters. The Morgan fingerprint density at radius 1 is 1.37 bits per heavy atom. The van der Waals surface area contributed by atoms with Crippen molar-refractivity contribution < 1.29 is 13.2 Å². The number of rotatable bonds is 8. The van der Waals surface area contributed by atoms with Crippen molar-refractivity contribution in [2.45, 2.75) is 17.9 Å². The van der Waals surface area contributed by atoms with E-state index in [1.165, 1.54) is 6.07 Å². The molecule has 0 fully saturated rings. The van der Waals surface area contributed by atoms with Gasteiger partial charge < -0.3 is 10.1 Å². The van der Waals surface area contributed by atoms with E-state index >= 15 is 0 Å². The lowest BCUT2D eigenvalue weighted by Gasteiger charge is -2.09. The number of ether oxygens (including phenoxy) is 1. The van der Waals surface area contributed by atoms with Gasteiger partial charge in [-0.1, -0.05) is 11.6 Å². The highest BCUT2D eigenvalue weighted by Crippen LogP contribution is 2.20. The average molecular weight is 307 g/mol. The highest BCUT2D eigenvalue weighted by atomic mass is 35.5. The minimum absolute atomic E-state index is 0.222. The van der Waals surface area contributed by atoms with E-state index in [2.05, 4.69) is 10.0 Å². The van der Waals surface area contributed by atoms with E-state index in [4.69, 9.17) is 16.3 Å². The van der Waals surface area contributed by atoms with E-state index in [9.17, 15) is 8.42 Å². The number of hydrogen-bond acceptors (Lipinski definition) is 4. The molecule has 0 amide bonds. The number of methoxy groups -OCH3 is 1. The Balaban J connectivity index is 2.80. The molecule has 0 atom stereocenters. The van der Waals surface area contributed by atoms with Crippen LogP contribution >= 0.6 is 11.6 Å². The van der Waals surface area contributed by atoms with Crippen LogP contribution in [0.4, 0.5) is 0 Å². The second-order valence-corrected chi connectivity index (χ2v) is 6.20. The molecule has 0 bridgehead atoms. The summed E-state index contributed by atoms with van der Waals surface area (Å²) in [5.41, 5.74) is 0.754. The van der Waals surface area contributed by atoms with Crippen LogP contribution in [-0.2, 0) is 21.3 Å². The van der Waals surface area contributed by atoms with Crippen LogP contribution in [0, 0.1) is 0 Å². The van der Waals surface area contributed by atoms with Crippen molar-refractivity contribution in [3.05, 3.63) is 28.8 Å². The van der Waals surface area contributed by atoms with Crippen molar-refractivity contribution in [3.63, 3.8) is 0 Å². The maximum absolute atomic E-state index is 12.0. The largest absolute Gasteiger partial charge is 0.385 e. The summed E-state index contributed by atoms with van der Waals surface area (Å²) in [6, 6.07) is 4.68. The molecule has 0 radical (unpaired) electrons. The van der Waals surface area contributed by atoms with Gasteiger partial charge in [-0.3, -0.25) is 0 Å². The molecule has 1 aromatic rings. The molecule has 0 aliphatic rings. The molecule has 0 spiro atoms. The molecule has 0 heterocycles. The van der Waals surface area contributed by atoms with Gasteiger partial charge in [-0.25, -0.2) is 13.1 Å². The standard InChI is InChI=1S/C12H19ClN2O3S/c1-14-9-10-8-11(4-5-12(10)13)19(16,17)15-6-3-7-18-2/h4-5,8,14-15H,3,6-7,9H2,1-2H3. The fourth-order valence-electron chi connectivity index (χ4n) is 1.55. The number of halogens is 1. The molecule has 5 nitrogen and oxygen atoms in total. The Morgan fingerprint density at radius 2 is 2.11 bits per heavy atom. The van der Waals surface area contributed by atoms with Gasteiger partial charge >= 0.3 is 0 Å². The van der Waals surface area contributed by atoms with Gasteiger partial charge in [0.25, 0.3) is 0 Å². The summed E-state index contributed by atoms with van der Waals surface area (Å²) in [7, 11) is -0.131. The molecule has 1 aromatic carbocycles. The molecule has 108 valence electrons. The summed E-state index contributed by atoms with van der Waals surface area (Å²) in [6.07, 6.45) is 0.632. The zero-order valence-corrected chi connectivity index (χ0v) is 12.6. The number of sulfonamides is 1. The molecule has 1 rings (SSSR count). The van der Waals surface area contributed by atoms with Crippen molar-refractivity contribution in [2.24, 2.45) is 0 Å². The third-order valence-electron chi connectivity index (χ3n) is 2.51. The second kappa shape index (κ2) is 7.81. The van der Waals surface area contributed by atoms with Crippen LogP contribution in [-0.4, -0.2) is 35.7 Å². The summed E-state index contributed by atoms with van der Waals surface area (Å²) in [5.74, 6) is 0. The summed E-state index contributed by atoms with van der Waals surface area (Å²) >= 11 is 6.00. The first kappa shape index (κ1) is 16.4. The van der Waals surface area contributed by atoms with Gasteiger partial charge in [-0.05, 0) is 37.2 Å². The van der Waals surface area contributed by atoms with Crippen molar-refractivity contribution in [1.82, 2.24) is 10.0 Å². The first-order chi connectivity index (χ1) is 9.01. The van der Waals surface area contributed by atoms with E-state index in [0.29, 0.717) is 31.1 Å². The molecule has 0 saturated carbocycles. The van der Waals surface area contributed by atoms with E-state index in [1.807, 2.05) is 0 Å². The topological polar surface area (TPSA) is 67.4 Å². The van der Waals surface area contributed by atoms with Crippen LogP contribution in [0.2, 0.25) is 5.02 Å². The molecule has 2 N–H and O–H groups in total. The number of benzene rings is 1. The van der Waals surface area contributed by atoms with E-state index < -0.39 is 10.0 Å². The van der Waals surface area contributed by atoms with Gasteiger partial charge in [0, 0.05) is 31.8 Å². The molecular weight excluding hydrogens is 288 g/mol. The fourth-order valence-corrected chi connectivity index (χ4v) is 2.86. The quantitative estimate of drug-likeness (QED) is 0.712. The molecule has 0 aromatic heterocycles. The van der Waals surface area contributed by atoms with Gasteiger partial charge in [0.1, 0.15) is 0 Å². The highest BCUT2D eigenvalue weighted by Gasteiger charge is 2.14. The minimum atomic E-state index is -3.49. The molecular formula is C12H19ClN2O3S. The van der Waals surface area contributed by atoms with E-state index in [1.54, 1.807) is 26.3 Å². The number of hydrogen-bond donors (Lipinski definition) is 2.